The van der Waals surface area contributed by atoms with Crippen molar-refractivity contribution < 1.29 is 0 Å². The lowest BCUT2D eigenvalue weighted by atomic mass is 10.2. The minimum absolute atomic E-state index is 0.372. The van der Waals surface area contributed by atoms with E-state index in [4.69, 9.17) is 23.2 Å². The molecule has 0 bridgehead atoms. The van der Waals surface area contributed by atoms with E-state index in [0.29, 0.717) is 16.0 Å². The van der Waals surface area contributed by atoms with Crippen LogP contribution in [0.5, 0.6) is 0 Å². The van der Waals surface area contributed by atoms with Crippen molar-refractivity contribution in [1.82, 2.24) is 8.75 Å². The highest BCUT2D eigenvalue weighted by atomic mass is 35.5. The van der Waals surface area contributed by atoms with E-state index in [1.165, 1.54) is 0 Å². The Morgan fingerprint density at radius 2 is 2.07 bits per heavy atom. The molecule has 0 fully saturated rings. The van der Waals surface area contributed by atoms with E-state index in [1.54, 1.807) is 0 Å². The number of nitrogens with zero attached hydrogens (tertiary/aromatic N) is 2. The van der Waals surface area contributed by atoms with Crippen molar-refractivity contribution in [2.75, 3.05) is 5.32 Å². The van der Waals surface area contributed by atoms with Crippen molar-refractivity contribution in [3.8, 4) is 0 Å². The summed E-state index contributed by atoms with van der Waals surface area (Å²) in [4.78, 5) is 0. The molecule has 0 aliphatic carbocycles. The molecule has 2 aromatic rings. The Bertz CT molecular complexity index is 484. The van der Waals surface area contributed by atoms with Crippen molar-refractivity contribution in [2.24, 2.45) is 0 Å². The maximum absolute atomic E-state index is 5.99. The highest BCUT2D eigenvalue weighted by Crippen LogP contribution is 2.25. The molecule has 0 aliphatic heterocycles. The predicted molar refractivity (Wildman–Crippen MR) is 64.4 cm³/mol. The van der Waals surface area contributed by atoms with Gasteiger partial charge >= 0.3 is 0 Å². The molecule has 6 heteroatoms. The summed E-state index contributed by atoms with van der Waals surface area (Å²) in [6, 6.07) is 5.67. The van der Waals surface area contributed by atoms with E-state index in [1.807, 2.05) is 25.1 Å². The topological polar surface area (TPSA) is 37.8 Å². The Morgan fingerprint density at radius 3 is 2.67 bits per heavy atom. The van der Waals surface area contributed by atoms with Crippen molar-refractivity contribution in [3.63, 3.8) is 0 Å². The molecule has 0 atom stereocenters. The van der Waals surface area contributed by atoms with Crippen LogP contribution in [0, 0.1) is 6.92 Å². The largest absolute Gasteiger partial charge is 0.337 e. The molecule has 0 radical (unpaired) electrons. The number of nitrogens with one attached hydrogen (secondary N) is 1. The molecule has 2 rings (SSSR count). The van der Waals surface area contributed by atoms with Gasteiger partial charge in [0.2, 0.25) is 0 Å². The van der Waals surface area contributed by atoms with Gasteiger partial charge in [0.25, 0.3) is 0 Å². The van der Waals surface area contributed by atoms with Gasteiger partial charge in [-0.2, -0.15) is 8.75 Å². The monoisotopic (exact) mass is 259 g/mol. The summed E-state index contributed by atoms with van der Waals surface area (Å²) in [6.45, 7) is 1.95. The summed E-state index contributed by atoms with van der Waals surface area (Å²) in [5, 5.41) is 4.12. The first-order valence-electron chi connectivity index (χ1n) is 4.18. The third-order valence-electron chi connectivity index (χ3n) is 1.88. The average Bonchev–Trinajstić information content (AvgIpc) is 2.59. The summed E-state index contributed by atoms with van der Waals surface area (Å²) < 4.78 is 7.86. The third-order valence-corrected chi connectivity index (χ3v) is 3.18. The van der Waals surface area contributed by atoms with E-state index in [-0.39, 0.29) is 0 Å². The van der Waals surface area contributed by atoms with Gasteiger partial charge in [-0.1, -0.05) is 29.3 Å². The van der Waals surface area contributed by atoms with Crippen LogP contribution in [0.4, 0.5) is 11.5 Å². The van der Waals surface area contributed by atoms with Gasteiger partial charge in [0.05, 0.1) is 11.7 Å². The third kappa shape index (κ3) is 2.40. The van der Waals surface area contributed by atoms with Gasteiger partial charge in [-0.3, -0.25) is 0 Å². The second-order valence-electron chi connectivity index (χ2n) is 2.99. The van der Waals surface area contributed by atoms with Gasteiger partial charge in [0.1, 0.15) is 0 Å². The molecule has 1 aromatic carbocycles. The number of benzene rings is 1. The lowest BCUT2D eigenvalue weighted by Gasteiger charge is -2.04. The van der Waals surface area contributed by atoms with Crippen LogP contribution < -0.4 is 5.32 Å². The number of hydrogen-bond donors (Lipinski definition) is 1. The van der Waals surface area contributed by atoms with E-state index in [9.17, 15) is 0 Å². The normalized spacial score (nSPS) is 10.3. The molecule has 0 amide bonds. The van der Waals surface area contributed by atoms with Crippen LogP contribution in [-0.4, -0.2) is 8.75 Å². The summed E-state index contributed by atoms with van der Waals surface area (Å²) in [7, 11) is 0. The highest BCUT2D eigenvalue weighted by Gasteiger charge is 2.05. The first kappa shape index (κ1) is 10.7. The summed E-state index contributed by atoms with van der Waals surface area (Å²) in [6.07, 6.45) is 0. The Morgan fingerprint density at radius 1 is 1.27 bits per heavy atom. The zero-order chi connectivity index (χ0) is 10.8. The van der Waals surface area contributed by atoms with Crippen molar-refractivity contribution in [1.29, 1.82) is 0 Å². The summed E-state index contributed by atoms with van der Waals surface area (Å²) in [5.41, 5.74) is 1.88. The van der Waals surface area contributed by atoms with Crippen LogP contribution in [0.1, 0.15) is 5.56 Å². The molecule has 0 spiro atoms. The smallest absolute Gasteiger partial charge is 0.187 e. The highest BCUT2D eigenvalue weighted by molar-refractivity contribution is 6.99. The summed E-state index contributed by atoms with van der Waals surface area (Å²) >= 11 is 12.9. The quantitative estimate of drug-likeness (QED) is 0.889. The predicted octanol–water partition coefficient (Wildman–Crippen LogP) is 3.90. The zero-order valence-electron chi connectivity index (χ0n) is 7.79. The number of hydrogen-bond acceptors (Lipinski definition) is 4. The van der Waals surface area contributed by atoms with E-state index >= 15 is 0 Å². The first-order chi connectivity index (χ1) is 7.16. The van der Waals surface area contributed by atoms with Crippen LogP contribution >= 0.6 is 34.9 Å². The zero-order valence-corrected chi connectivity index (χ0v) is 10.1. The minimum atomic E-state index is 0.372. The molecular weight excluding hydrogens is 253 g/mol. The summed E-state index contributed by atoms with van der Waals surface area (Å²) in [5.74, 6) is 0.557. The standard InChI is InChI=1S/C9H7Cl2N3S/c1-5-2-3-6(4-7(5)10)12-9-8(11)13-15-14-9/h2-4H,1H3,(H,12,14). The Hall–Kier alpha value is -0.840. The molecule has 1 N–H and O–H groups in total. The van der Waals surface area contributed by atoms with Crippen molar-refractivity contribution in [3.05, 3.63) is 33.9 Å². The van der Waals surface area contributed by atoms with Gasteiger partial charge in [0.15, 0.2) is 11.0 Å². The number of halogens is 2. The van der Waals surface area contributed by atoms with E-state index < -0.39 is 0 Å². The fourth-order valence-electron chi connectivity index (χ4n) is 1.06. The Labute approximate surface area is 101 Å². The fourth-order valence-corrected chi connectivity index (χ4v) is 1.89. The number of aromatic nitrogens is 2. The van der Waals surface area contributed by atoms with Crippen LogP contribution in [0.2, 0.25) is 10.2 Å². The van der Waals surface area contributed by atoms with Crippen LogP contribution in [0.3, 0.4) is 0 Å². The number of rotatable bonds is 2. The first-order valence-corrected chi connectivity index (χ1v) is 5.66. The molecule has 1 aromatic heterocycles. The van der Waals surface area contributed by atoms with Gasteiger partial charge in [-0.05, 0) is 24.6 Å². The molecule has 0 saturated heterocycles. The maximum Gasteiger partial charge on any atom is 0.187 e. The Kier molecular flexibility index (Phi) is 3.09. The van der Waals surface area contributed by atoms with E-state index in [2.05, 4.69) is 14.1 Å². The minimum Gasteiger partial charge on any atom is -0.337 e. The van der Waals surface area contributed by atoms with Crippen molar-refractivity contribution in [2.45, 2.75) is 6.92 Å². The van der Waals surface area contributed by atoms with Gasteiger partial charge in [-0.25, -0.2) is 0 Å². The van der Waals surface area contributed by atoms with Crippen LogP contribution in [0.15, 0.2) is 18.2 Å². The molecular formula is C9H7Cl2N3S. The molecule has 0 saturated carbocycles. The fraction of sp³-hybridized carbons (Fsp3) is 0.111. The van der Waals surface area contributed by atoms with Gasteiger partial charge < -0.3 is 5.32 Å². The van der Waals surface area contributed by atoms with Crippen LogP contribution in [-0.2, 0) is 0 Å². The SMILES string of the molecule is Cc1ccc(Nc2nsnc2Cl)cc1Cl. The Balaban J connectivity index is 2.25. The molecule has 0 unspecified atom stereocenters. The molecule has 78 valence electrons. The second-order valence-corrected chi connectivity index (χ2v) is 4.29. The van der Waals surface area contributed by atoms with Crippen LogP contribution in [0.25, 0.3) is 0 Å². The maximum atomic E-state index is 5.99. The van der Waals surface area contributed by atoms with Crippen molar-refractivity contribution >= 4 is 46.4 Å². The molecule has 3 nitrogen and oxygen atoms in total. The molecule has 1 heterocycles. The second kappa shape index (κ2) is 4.35. The lowest BCUT2D eigenvalue weighted by Crippen LogP contribution is -1.91. The lowest BCUT2D eigenvalue weighted by molar-refractivity contribution is 1.42. The van der Waals surface area contributed by atoms with Gasteiger partial charge in [0, 0.05) is 10.7 Å². The van der Waals surface area contributed by atoms with Gasteiger partial charge in [-0.15, -0.1) is 0 Å². The average molecular weight is 260 g/mol. The molecule has 15 heavy (non-hydrogen) atoms. The molecule has 0 aliphatic rings. The number of anilines is 2. The number of aryl methyl sites for hydroxylation is 1. The van der Waals surface area contributed by atoms with E-state index in [0.717, 1.165) is 23.0 Å².